The van der Waals surface area contributed by atoms with Crippen molar-refractivity contribution in [2.75, 3.05) is 39.3 Å². The molecule has 1 amide bonds. The van der Waals surface area contributed by atoms with Crippen LogP contribution < -0.4 is 10.6 Å². The van der Waals surface area contributed by atoms with Gasteiger partial charge in [0.05, 0.1) is 5.56 Å². The molecule has 1 aromatic carbocycles. The molecule has 21 heavy (non-hydrogen) atoms. The Morgan fingerprint density at radius 1 is 1.29 bits per heavy atom. The van der Waals surface area contributed by atoms with Crippen molar-refractivity contribution in [2.24, 2.45) is 0 Å². The summed E-state index contributed by atoms with van der Waals surface area (Å²) in [6.07, 6.45) is 0. The van der Waals surface area contributed by atoms with Gasteiger partial charge in [0, 0.05) is 42.8 Å². The lowest BCUT2D eigenvalue weighted by Gasteiger charge is -2.27. The maximum absolute atomic E-state index is 13.2. The number of rotatable bonds is 4. The van der Waals surface area contributed by atoms with Gasteiger partial charge in [-0.05, 0) is 34.7 Å². The minimum Gasteiger partial charge on any atom is -0.351 e. The van der Waals surface area contributed by atoms with Crippen molar-refractivity contribution in [2.45, 2.75) is 0 Å². The molecule has 0 aliphatic carbocycles. The highest BCUT2D eigenvalue weighted by atomic mass is 127. The topological polar surface area (TPSA) is 44.4 Å². The summed E-state index contributed by atoms with van der Waals surface area (Å²) in [5.41, 5.74) is 0.171. The van der Waals surface area contributed by atoms with E-state index >= 15 is 0 Å². The molecule has 0 radical (unpaired) electrons. The van der Waals surface area contributed by atoms with Crippen LogP contribution >= 0.6 is 35.0 Å². The number of amides is 1. The van der Waals surface area contributed by atoms with Crippen molar-refractivity contribution in [3.05, 3.63) is 32.9 Å². The van der Waals surface area contributed by atoms with Crippen molar-refractivity contribution in [1.29, 1.82) is 0 Å². The van der Waals surface area contributed by atoms with Crippen molar-refractivity contribution in [3.63, 3.8) is 0 Å². The zero-order chi connectivity index (χ0) is 14.5. The third kappa shape index (κ3) is 5.32. The summed E-state index contributed by atoms with van der Waals surface area (Å²) in [4.78, 5) is 14.2. The number of carbonyl (C=O) groups is 1. The quantitative estimate of drug-likeness (QED) is 0.563. The lowest BCUT2D eigenvalue weighted by atomic mass is 10.2. The molecule has 0 bridgehead atoms. The van der Waals surface area contributed by atoms with E-state index in [-0.39, 0.29) is 23.9 Å². The van der Waals surface area contributed by atoms with Crippen LogP contribution in [0.5, 0.6) is 0 Å². The van der Waals surface area contributed by atoms with Crippen molar-refractivity contribution < 1.29 is 13.6 Å². The lowest BCUT2D eigenvalue weighted by molar-refractivity contribution is 0.0946. The number of nitrogens with one attached hydrogen (secondary N) is 2. The highest BCUT2D eigenvalue weighted by Crippen LogP contribution is 2.16. The monoisotopic (exact) mass is 431 g/mol. The number of hydrogen-bond donors (Lipinski definition) is 2. The van der Waals surface area contributed by atoms with Crippen LogP contribution in [0.4, 0.5) is 8.78 Å². The van der Waals surface area contributed by atoms with E-state index in [2.05, 4.69) is 15.5 Å². The van der Waals surface area contributed by atoms with Gasteiger partial charge in [-0.1, -0.05) is 0 Å². The highest BCUT2D eigenvalue weighted by Gasteiger charge is 2.15. The van der Waals surface area contributed by atoms with E-state index in [0.29, 0.717) is 10.1 Å². The van der Waals surface area contributed by atoms with E-state index in [0.717, 1.165) is 44.9 Å². The van der Waals surface area contributed by atoms with Gasteiger partial charge in [-0.25, -0.2) is 8.78 Å². The normalized spacial score (nSPS) is 15.4. The summed E-state index contributed by atoms with van der Waals surface area (Å²) < 4.78 is 26.6. The molecule has 0 unspecified atom stereocenters. The Labute approximate surface area is 142 Å². The summed E-state index contributed by atoms with van der Waals surface area (Å²) in [5.74, 6) is -2.31. The van der Waals surface area contributed by atoms with Crippen LogP contribution in [-0.4, -0.2) is 50.1 Å². The van der Waals surface area contributed by atoms with Crippen LogP contribution in [0.15, 0.2) is 12.1 Å². The highest BCUT2D eigenvalue weighted by molar-refractivity contribution is 14.1. The zero-order valence-electron chi connectivity index (χ0n) is 11.3. The smallest absolute Gasteiger partial charge is 0.252 e. The summed E-state index contributed by atoms with van der Waals surface area (Å²) in [7, 11) is 0. The number of carbonyl (C=O) groups excluding carboxylic acids is 1. The Hall–Kier alpha value is -0.510. The van der Waals surface area contributed by atoms with E-state index < -0.39 is 11.6 Å². The van der Waals surface area contributed by atoms with Gasteiger partial charge in [0.15, 0.2) is 11.6 Å². The van der Waals surface area contributed by atoms with Crippen LogP contribution in [-0.2, 0) is 0 Å². The molecule has 1 fully saturated rings. The predicted molar refractivity (Wildman–Crippen MR) is 88.0 cm³/mol. The first-order valence-electron chi connectivity index (χ1n) is 6.44. The Morgan fingerprint density at radius 3 is 2.57 bits per heavy atom. The minimum absolute atomic E-state index is 0. The first kappa shape index (κ1) is 18.5. The molecular formula is C13H17ClF2IN3O. The van der Waals surface area contributed by atoms with Crippen LogP contribution in [0.3, 0.4) is 0 Å². The SMILES string of the molecule is Cl.O=C(NCCN1CCNCC1)c1cc(F)c(F)cc1I. The Kier molecular flexibility index (Phi) is 7.78. The third-order valence-electron chi connectivity index (χ3n) is 3.18. The lowest BCUT2D eigenvalue weighted by Crippen LogP contribution is -2.46. The second kappa shape index (κ2) is 8.82. The number of benzene rings is 1. The molecule has 1 saturated heterocycles. The maximum atomic E-state index is 13.2. The van der Waals surface area contributed by atoms with Gasteiger partial charge in [0.1, 0.15) is 0 Å². The molecular weight excluding hydrogens is 415 g/mol. The Balaban J connectivity index is 0.00000220. The molecule has 2 rings (SSSR count). The fourth-order valence-electron chi connectivity index (χ4n) is 2.05. The van der Waals surface area contributed by atoms with Gasteiger partial charge in [-0.2, -0.15) is 0 Å². The number of piperazine rings is 1. The van der Waals surface area contributed by atoms with E-state index in [1.807, 2.05) is 22.6 Å². The fraction of sp³-hybridized carbons (Fsp3) is 0.462. The zero-order valence-corrected chi connectivity index (χ0v) is 14.3. The first-order valence-corrected chi connectivity index (χ1v) is 7.51. The van der Waals surface area contributed by atoms with Crippen LogP contribution in [0, 0.1) is 15.2 Å². The molecule has 1 heterocycles. The molecule has 1 aliphatic heterocycles. The maximum Gasteiger partial charge on any atom is 0.252 e. The summed E-state index contributed by atoms with van der Waals surface area (Å²) in [6.45, 7) is 5.07. The van der Waals surface area contributed by atoms with E-state index in [4.69, 9.17) is 0 Å². The molecule has 4 nitrogen and oxygen atoms in total. The second-order valence-corrected chi connectivity index (χ2v) is 5.76. The molecule has 8 heteroatoms. The van der Waals surface area contributed by atoms with Crippen LogP contribution in [0.1, 0.15) is 10.4 Å². The first-order chi connectivity index (χ1) is 9.58. The van der Waals surface area contributed by atoms with E-state index in [1.54, 1.807) is 0 Å². The third-order valence-corrected chi connectivity index (χ3v) is 4.07. The predicted octanol–water partition coefficient (Wildman–Crippen LogP) is 1.63. The summed E-state index contributed by atoms with van der Waals surface area (Å²) in [6, 6.07) is 1.97. The largest absolute Gasteiger partial charge is 0.351 e. The molecule has 0 atom stereocenters. The van der Waals surface area contributed by atoms with Crippen LogP contribution in [0.2, 0.25) is 0 Å². The van der Waals surface area contributed by atoms with Gasteiger partial charge in [0.25, 0.3) is 5.91 Å². The fourth-order valence-corrected chi connectivity index (χ4v) is 2.73. The van der Waals surface area contributed by atoms with Gasteiger partial charge in [0.2, 0.25) is 0 Å². The van der Waals surface area contributed by atoms with Crippen molar-refractivity contribution >= 4 is 40.9 Å². The van der Waals surface area contributed by atoms with Gasteiger partial charge < -0.3 is 10.6 Å². The molecule has 0 aromatic heterocycles. The van der Waals surface area contributed by atoms with Crippen LogP contribution in [0.25, 0.3) is 0 Å². The van der Waals surface area contributed by atoms with E-state index in [9.17, 15) is 13.6 Å². The summed E-state index contributed by atoms with van der Waals surface area (Å²) >= 11 is 1.83. The van der Waals surface area contributed by atoms with E-state index in [1.165, 1.54) is 0 Å². The minimum atomic E-state index is -1.00. The number of nitrogens with zero attached hydrogens (tertiary/aromatic N) is 1. The number of halogens is 4. The molecule has 1 aliphatic rings. The average molecular weight is 432 g/mol. The molecule has 1 aromatic rings. The number of hydrogen-bond acceptors (Lipinski definition) is 3. The second-order valence-electron chi connectivity index (χ2n) is 4.59. The molecule has 0 spiro atoms. The van der Waals surface area contributed by atoms with Crippen molar-refractivity contribution in [3.8, 4) is 0 Å². The van der Waals surface area contributed by atoms with Gasteiger partial charge in [-0.15, -0.1) is 12.4 Å². The van der Waals surface area contributed by atoms with Crippen molar-refractivity contribution in [1.82, 2.24) is 15.5 Å². The molecule has 118 valence electrons. The Morgan fingerprint density at radius 2 is 1.90 bits per heavy atom. The standard InChI is InChI=1S/C13H16F2IN3O.ClH/c14-10-7-9(12(16)8-11(10)15)13(20)18-3-6-19-4-1-17-2-5-19;/h7-8,17H,1-6H2,(H,18,20);1H. The van der Waals surface area contributed by atoms with Gasteiger partial charge >= 0.3 is 0 Å². The summed E-state index contributed by atoms with van der Waals surface area (Å²) in [5, 5.41) is 5.99. The van der Waals surface area contributed by atoms with Gasteiger partial charge in [-0.3, -0.25) is 9.69 Å². The molecule has 2 N–H and O–H groups in total. The Bertz CT molecular complexity index is 499. The average Bonchev–Trinajstić information content (AvgIpc) is 2.44. The molecule has 0 saturated carbocycles.